The first kappa shape index (κ1) is 11.5. The van der Waals surface area contributed by atoms with E-state index in [4.69, 9.17) is 11.6 Å². The summed E-state index contributed by atoms with van der Waals surface area (Å²) in [6, 6.07) is 6.37. The number of halogens is 2. The molecule has 0 bridgehead atoms. The second-order valence-corrected chi connectivity index (χ2v) is 5.86. The molecule has 17 heavy (non-hydrogen) atoms. The molecule has 4 heteroatoms. The van der Waals surface area contributed by atoms with Gasteiger partial charge in [-0.2, -0.15) is 0 Å². The maximum atomic E-state index is 6.34. The number of pyridine rings is 1. The molecule has 1 aliphatic heterocycles. The van der Waals surface area contributed by atoms with Crippen LogP contribution in [-0.2, 0) is 0 Å². The predicted octanol–water partition coefficient (Wildman–Crippen LogP) is 4.09. The van der Waals surface area contributed by atoms with Crippen molar-refractivity contribution in [3.8, 4) is 0 Å². The van der Waals surface area contributed by atoms with Gasteiger partial charge in [0.05, 0.1) is 14.1 Å². The zero-order chi connectivity index (χ0) is 11.8. The molecule has 1 saturated heterocycles. The maximum Gasteiger partial charge on any atom is 0.0719 e. The summed E-state index contributed by atoms with van der Waals surface area (Å²) < 4.78 is 1.01. The number of anilines is 1. The molecule has 2 aromatic rings. The number of rotatable bonds is 1. The van der Waals surface area contributed by atoms with E-state index in [1.165, 1.54) is 18.5 Å². The van der Waals surface area contributed by atoms with E-state index in [2.05, 4.69) is 50.7 Å². The molecular weight excluding hydrogens is 347 g/mol. The molecular formula is C13H12ClIN2. The average molecular weight is 359 g/mol. The first-order valence-corrected chi connectivity index (χ1v) is 7.20. The van der Waals surface area contributed by atoms with Crippen LogP contribution in [0.1, 0.15) is 12.8 Å². The van der Waals surface area contributed by atoms with Crippen LogP contribution in [0.15, 0.2) is 24.4 Å². The van der Waals surface area contributed by atoms with Crippen molar-refractivity contribution < 1.29 is 0 Å². The molecule has 3 rings (SSSR count). The van der Waals surface area contributed by atoms with E-state index in [9.17, 15) is 0 Å². The van der Waals surface area contributed by atoms with E-state index >= 15 is 0 Å². The zero-order valence-corrected chi connectivity index (χ0v) is 12.2. The molecule has 0 spiro atoms. The van der Waals surface area contributed by atoms with Gasteiger partial charge in [-0.3, -0.25) is 4.98 Å². The molecule has 2 heterocycles. The van der Waals surface area contributed by atoms with Gasteiger partial charge in [0.2, 0.25) is 0 Å². The van der Waals surface area contributed by atoms with Crippen LogP contribution in [0.25, 0.3) is 10.9 Å². The van der Waals surface area contributed by atoms with Crippen molar-refractivity contribution in [3.05, 3.63) is 33.0 Å². The zero-order valence-electron chi connectivity index (χ0n) is 9.29. The van der Waals surface area contributed by atoms with Crippen LogP contribution in [0.3, 0.4) is 0 Å². The van der Waals surface area contributed by atoms with Crippen LogP contribution in [0.2, 0.25) is 5.02 Å². The Morgan fingerprint density at radius 2 is 2.00 bits per heavy atom. The SMILES string of the molecule is Clc1c(I)cnc2ccc(N3CCCC3)cc12. The highest BCUT2D eigenvalue weighted by Crippen LogP contribution is 2.31. The lowest BCUT2D eigenvalue weighted by Crippen LogP contribution is -2.17. The van der Waals surface area contributed by atoms with Crippen molar-refractivity contribution in [2.24, 2.45) is 0 Å². The van der Waals surface area contributed by atoms with Crippen molar-refractivity contribution in [1.29, 1.82) is 0 Å². The molecule has 0 radical (unpaired) electrons. The van der Waals surface area contributed by atoms with Crippen LogP contribution >= 0.6 is 34.2 Å². The highest BCUT2D eigenvalue weighted by molar-refractivity contribution is 14.1. The molecule has 0 amide bonds. The summed E-state index contributed by atoms with van der Waals surface area (Å²) in [6.45, 7) is 2.31. The lowest BCUT2D eigenvalue weighted by molar-refractivity contribution is 0.949. The standard InChI is InChI=1S/C13H12ClIN2/c14-13-10-7-9(17-5-1-2-6-17)3-4-12(10)16-8-11(13)15/h3-4,7-8H,1-2,5-6H2. The predicted molar refractivity (Wildman–Crippen MR) is 80.9 cm³/mol. The highest BCUT2D eigenvalue weighted by Gasteiger charge is 2.13. The first-order chi connectivity index (χ1) is 8.25. The van der Waals surface area contributed by atoms with Gasteiger partial charge in [-0.15, -0.1) is 0 Å². The Kier molecular flexibility index (Phi) is 3.13. The Balaban J connectivity index is 2.13. The Bertz CT molecular complexity index is 565. The van der Waals surface area contributed by atoms with Crippen molar-refractivity contribution in [3.63, 3.8) is 0 Å². The van der Waals surface area contributed by atoms with Gasteiger partial charge in [0.25, 0.3) is 0 Å². The van der Waals surface area contributed by atoms with Crippen LogP contribution in [0.5, 0.6) is 0 Å². The van der Waals surface area contributed by atoms with E-state index in [-0.39, 0.29) is 0 Å². The summed E-state index contributed by atoms with van der Waals surface area (Å²) in [6.07, 6.45) is 4.40. The largest absolute Gasteiger partial charge is 0.372 e. The van der Waals surface area contributed by atoms with E-state index < -0.39 is 0 Å². The van der Waals surface area contributed by atoms with Crippen molar-refractivity contribution in [2.45, 2.75) is 12.8 Å². The molecule has 0 saturated carbocycles. The van der Waals surface area contributed by atoms with Crippen molar-refractivity contribution in [2.75, 3.05) is 18.0 Å². The summed E-state index contributed by atoms with van der Waals surface area (Å²) >= 11 is 8.56. The van der Waals surface area contributed by atoms with Crippen LogP contribution in [-0.4, -0.2) is 18.1 Å². The molecule has 2 nitrogen and oxygen atoms in total. The first-order valence-electron chi connectivity index (χ1n) is 5.74. The highest BCUT2D eigenvalue weighted by atomic mass is 127. The summed E-state index contributed by atoms with van der Waals surface area (Å²) in [4.78, 5) is 6.81. The second kappa shape index (κ2) is 4.61. The Morgan fingerprint density at radius 1 is 1.24 bits per heavy atom. The van der Waals surface area contributed by atoms with Crippen molar-refractivity contribution in [1.82, 2.24) is 4.98 Å². The minimum absolute atomic E-state index is 0.816. The third-order valence-corrected chi connectivity index (χ3v) is 4.76. The van der Waals surface area contributed by atoms with Crippen LogP contribution < -0.4 is 4.90 Å². The van der Waals surface area contributed by atoms with Gasteiger partial charge in [0.15, 0.2) is 0 Å². The second-order valence-electron chi connectivity index (χ2n) is 4.32. The monoisotopic (exact) mass is 358 g/mol. The van der Waals surface area contributed by atoms with Gasteiger partial charge >= 0.3 is 0 Å². The van der Waals surface area contributed by atoms with Crippen LogP contribution in [0, 0.1) is 3.57 Å². The molecule has 0 aliphatic carbocycles. The van der Waals surface area contributed by atoms with E-state index in [1.54, 1.807) is 0 Å². The third kappa shape index (κ3) is 2.10. The fraction of sp³-hybridized carbons (Fsp3) is 0.308. The van der Waals surface area contributed by atoms with E-state index in [0.717, 1.165) is 32.6 Å². The van der Waals surface area contributed by atoms with Gasteiger partial charge in [0, 0.05) is 30.4 Å². The lowest BCUT2D eigenvalue weighted by Gasteiger charge is -2.18. The molecule has 1 aromatic heterocycles. The lowest BCUT2D eigenvalue weighted by atomic mass is 10.2. The smallest absolute Gasteiger partial charge is 0.0719 e. The van der Waals surface area contributed by atoms with Gasteiger partial charge in [-0.25, -0.2) is 0 Å². The minimum atomic E-state index is 0.816. The number of benzene rings is 1. The number of aromatic nitrogens is 1. The molecule has 0 atom stereocenters. The summed E-state index contributed by atoms with van der Waals surface area (Å²) in [5.74, 6) is 0. The van der Waals surface area contributed by atoms with E-state index in [0.29, 0.717) is 0 Å². The summed E-state index contributed by atoms with van der Waals surface area (Å²) in [5, 5.41) is 1.87. The molecule has 1 aliphatic rings. The van der Waals surface area contributed by atoms with Crippen molar-refractivity contribution >= 4 is 50.8 Å². The quantitative estimate of drug-likeness (QED) is 0.714. The Morgan fingerprint density at radius 3 is 2.76 bits per heavy atom. The van der Waals surface area contributed by atoms with Gasteiger partial charge in [-0.05, 0) is 53.6 Å². The van der Waals surface area contributed by atoms with Gasteiger partial charge in [0.1, 0.15) is 0 Å². The average Bonchev–Trinajstić information content (AvgIpc) is 2.87. The third-order valence-electron chi connectivity index (χ3n) is 3.21. The maximum absolute atomic E-state index is 6.34. The topological polar surface area (TPSA) is 16.1 Å². The fourth-order valence-electron chi connectivity index (χ4n) is 2.30. The molecule has 1 fully saturated rings. The molecule has 88 valence electrons. The molecule has 0 N–H and O–H groups in total. The minimum Gasteiger partial charge on any atom is -0.372 e. The molecule has 1 aromatic carbocycles. The summed E-state index contributed by atoms with van der Waals surface area (Å²) in [7, 11) is 0. The van der Waals surface area contributed by atoms with Gasteiger partial charge < -0.3 is 4.90 Å². The Hall–Kier alpha value is -0.550. The normalized spacial score (nSPS) is 15.8. The fourth-order valence-corrected chi connectivity index (χ4v) is 2.93. The number of hydrogen-bond acceptors (Lipinski definition) is 2. The van der Waals surface area contributed by atoms with Gasteiger partial charge in [-0.1, -0.05) is 11.6 Å². The molecule has 0 unspecified atom stereocenters. The Labute approximate surface area is 119 Å². The summed E-state index contributed by atoms with van der Waals surface area (Å²) in [5.41, 5.74) is 2.24. The number of nitrogens with zero attached hydrogens (tertiary/aromatic N) is 2. The van der Waals surface area contributed by atoms with Crippen LogP contribution in [0.4, 0.5) is 5.69 Å². The van der Waals surface area contributed by atoms with E-state index in [1.807, 2.05) is 6.20 Å². The number of hydrogen-bond donors (Lipinski definition) is 0. The number of fused-ring (bicyclic) bond motifs is 1.